The van der Waals surface area contributed by atoms with Crippen molar-refractivity contribution in [3.05, 3.63) is 71.1 Å². The van der Waals surface area contributed by atoms with Gasteiger partial charge in [0.05, 0.1) is 12.5 Å². The Morgan fingerprint density at radius 3 is 2.59 bits per heavy atom. The van der Waals surface area contributed by atoms with E-state index in [0.717, 1.165) is 37.4 Å². The molecular formula is C30H39N5O2. The molecule has 37 heavy (non-hydrogen) atoms. The SMILES string of the molecule is Cc1ccc(-c2noc(CN3CCCC(C(=O)NCc4cccc(CN5CCC(C)CC5)c4)C3)n2)cc1. The van der Waals surface area contributed by atoms with E-state index < -0.39 is 0 Å². The van der Waals surface area contributed by atoms with Crippen LogP contribution in [-0.2, 0) is 24.4 Å². The molecule has 0 spiro atoms. The minimum absolute atomic E-state index is 0.0215. The summed E-state index contributed by atoms with van der Waals surface area (Å²) >= 11 is 0. The van der Waals surface area contributed by atoms with Gasteiger partial charge < -0.3 is 9.84 Å². The molecule has 3 aromatic rings. The fourth-order valence-electron chi connectivity index (χ4n) is 5.39. The number of nitrogens with one attached hydrogen (secondary N) is 1. The van der Waals surface area contributed by atoms with E-state index in [9.17, 15) is 4.79 Å². The Balaban J connectivity index is 1.10. The van der Waals surface area contributed by atoms with Crippen LogP contribution in [-0.4, -0.2) is 52.0 Å². The Morgan fingerprint density at radius 1 is 1.00 bits per heavy atom. The van der Waals surface area contributed by atoms with Crippen molar-refractivity contribution in [2.75, 3.05) is 26.2 Å². The average Bonchev–Trinajstić information content (AvgIpc) is 3.38. The zero-order valence-electron chi connectivity index (χ0n) is 22.2. The molecule has 1 amide bonds. The molecule has 7 heteroatoms. The summed E-state index contributed by atoms with van der Waals surface area (Å²) in [4.78, 5) is 22.4. The van der Waals surface area contributed by atoms with E-state index in [1.54, 1.807) is 0 Å². The van der Waals surface area contributed by atoms with Crippen LogP contribution in [0.4, 0.5) is 0 Å². The smallest absolute Gasteiger partial charge is 0.241 e. The predicted molar refractivity (Wildman–Crippen MR) is 144 cm³/mol. The van der Waals surface area contributed by atoms with E-state index in [2.05, 4.69) is 63.4 Å². The van der Waals surface area contributed by atoms with Gasteiger partial charge in [0.1, 0.15) is 0 Å². The number of nitrogens with zero attached hydrogens (tertiary/aromatic N) is 4. The molecular weight excluding hydrogens is 462 g/mol. The molecule has 0 radical (unpaired) electrons. The van der Waals surface area contributed by atoms with Crippen molar-refractivity contribution in [3.8, 4) is 11.4 Å². The lowest BCUT2D eigenvalue weighted by Gasteiger charge is -2.31. The van der Waals surface area contributed by atoms with Crippen LogP contribution in [0.3, 0.4) is 0 Å². The first-order valence-corrected chi connectivity index (χ1v) is 13.7. The molecule has 3 heterocycles. The lowest BCUT2D eigenvalue weighted by Crippen LogP contribution is -2.42. The molecule has 2 aliphatic heterocycles. The highest BCUT2D eigenvalue weighted by atomic mass is 16.5. The van der Waals surface area contributed by atoms with Gasteiger partial charge in [-0.15, -0.1) is 0 Å². The van der Waals surface area contributed by atoms with Crippen molar-refractivity contribution in [2.24, 2.45) is 11.8 Å². The third-order valence-corrected chi connectivity index (χ3v) is 7.75. The minimum Gasteiger partial charge on any atom is -0.352 e. The number of rotatable bonds is 8. The summed E-state index contributed by atoms with van der Waals surface area (Å²) in [6.45, 7) is 10.5. The molecule has 0 aliphatic carbocycles. The van der Waals surface area contributed by atoms with Crippen LogP contribution in [0.1, 0.15) is 55.2 Å². The van der Waals surface area contributed by atoms with E-state index in [1.165, 1.54) is 42.6 Å². The summed E-state index contributed by atoms with van der Waals surface area (Å²) in [5, 5.41) is 7.34. The fraction of sp³-hybridized carbons (Fsp3) is 0.500. The van der Waals surface area contributed by atoms with Crippen LogP contribution in [0.25, 0.3) is 11.4 Å². The third kappa shape index (κ3) is 7.05. The van der Waals surface area contributed by atoms with Crippen LogP contribution in [0.2, 0.25) is 0 Å². The van der Waals surface area contributed by atoms with Crippen molar-refractivity contribution in [1.29, 1.82) is 0 Å². The first-order chi connectivity index (χ1) is 18.0. The lowest BCUT2D eigenvalue weighted by atomic mass is 9.97. The van der Waals surface area contributed by atoms with E-state index in [-0.39, 0.29) is 11.8 Å². The quantitative estimate of drug-likeness (QED) is 0.478. The van der Waals surface area contributed by atoms with E-state index >= 15 is 0 Å². The summed E-state index contributed by atoms with van der Waals surface area (Å²) in [6, 6.07) is 16.8. The molecule has 1 aromatic heterocycles. The molecule has 2 aliphatic rings. The van der Waals surface area contributed by atoms with Gasteiger partial charge in [0.15, 0.2) is 0 Å². The minimum atomic E-state index is -0.0215. The van der Waals surface area contributed by atoms with Crippen molar-refractivity contribution in [3.63, 3.8) is 0 Å². The maximum Gasteiger partial charge on any atom is 0.241 e. The first-order valence-electron chi connectivity index (χ1n) is 13.7. The number of amides is 1. The summed E-state index contributed by atoms with van der Waals surface area (Å²) in [6.07, 6.45) is 4.47. The number of likely N-dealkylation sites (tertiary alicyclic amines) is 2. The topological polar surface area (TPSA) is 74.5 Å². The van der Waals surface area contributed by atoms with Gasteiger partial charge >= 0.3 is 0 Å². The fourth-order valence-corrected chi connectivity index (χ4v) is 5.39. The van der Waals surface area contributed by atoms with Gasteiger partial charge in [0.2, 0.25) is 17.6 Å². The Kier molecular flexibility index (Phi) is 8.31. The summed E-state index contributed by atoms with van der Waals surface area (Å²) in [5.74, 6) is 2.16. The molecule has 2 saturated heterocycles. The molecule has 0 saturated carbocycles. The Labute approximate surface area is 220 Å². The largest absolute Gasteiger partial charge is 0.352 e. The van der Waals surface area contributed by atoms with Crippen LogP contribution < -0.4 is 5.32 Å². The number of carbonyl (C=O) groups excluding carboxylic acids is 1. The predicted octanol–water partition coefficient (Wildman–Crippen LogP) is 4.81. The van der Waals surface area contributed by atoms with Gasteiger partial charge in [-0.2, -0.15) is 4.98 Å². The highest BCUT2D eigenvalue weighted by Gasteiger charge is 2.27. The number of aryl methyl sites for hydroxylation is 1. The first kappa shape index (κ1) is 25.6. The average molecular weight is 502 g/mol. The van der Waals surface area contributed by atoms with Gasteiger partial charge in [-0.25, -0.2) is 0 Å². The molecule has 2 aromatic carbocycles. The van der Waals surface area contributed by atoms with Crippen molar-refractivity contribution in [2.45, 2.75) is 59.2 Å². The van der Waals surface area contributed by atoms with Gasteiger partial charge in [-0.1, -0.05) is 66.2 Å². The molecule has 1 atom stereocenters. The Hall–Kier alpha value is -3.03. The van der Waals surface area contributed by atoms with Gasteiger partial charge in [0, 0.05) is 25.2 Å². The van der Waals surface area contributed by atoms with Crippen LogP contribution in [0, 0.1) is 18.8 Å². The Bertz CT molecular complexity index is 1170. The standard InChI is InChI=1S/C30H39N5O2/c1-22-8-10-26(11-9-22)29-32-28(37-33-29)21-35-14-4-7-27(20-35)30(36)31-18-24-5-3-6-25(17-24)19-34-15-12-23(2)13-16-34/h3,5-6,8-11,17,23,27H,4,7,12-16,18-21H2,1-2H3,(H,31,36). The summed E-state index contributed by atoms with van der Waals surface area (Å²) < 4.78 is 5.52. The van der Waals surface area contributed by atoms with Gasteiger partial charge in [0.25, 0.3) is 0 Å². The summed E-state index contributed by atoms with van der Waals surface area (Å²) in [5.41, 5.74) is 4.64. The second kappa shape index (κ2) is 12.0. The maximum absolute atomic E-state index is 13.0. The highest BCUT2D eigenvalue weighted by Crippen LogP contribution is 2.22. The zero-order valence-corrected chi connectivity index (χ0v) is 22.2. The number of aromatic nitrogens is 2. The lowest BCUT2D eigenvalue weighted by molar-refractivity contribution is -0.127. The highest BCUT2D eigenvalue weighted by molar-refractivity contribution is 5.79. The maximum atomic E-state index is 13.0. The van der Waals surface area contributed by atoms with Gasteiger partial charge in [-0.05, 0) is 69.3 Å². The molecule has 0 bridgehead atoms. The van der Waals surface area contributed by atoms with Crippen LogP contribution >= 0.6 is 0 Å². The van der Waals surface area contributed by atoms with Crippen molar-refractivity contribution >= 4 is 5.91 Å². The van der Waals surface area contributed by atoms with Crippen molar-refractivity contribution in [1.82, 2.24) is 25.3 Å². The second-order valence-electron chi connectivity index (χ2n) is 10.9. The number of hydrogen-bond donors (Lipinski definition) is 1. The van der Waals surface area contributed by atoms with Crippen molar-refractivity contribution < 1.29 is 9.32 Å². The second-order valence-corrected chi connectivity index (χ2v) is 10.9. The van der Waals surface area contributed by atoms with Crippen LogP contribution in [0.5, 0.6) is 0 Å². The zero-order chi connectivity index (χ0) is 25.6. The molecule has 1 N–H and O–H groups in total. The number of hydrogen-bond acceptors (Lipinski definition) is 6. The molecule has 196 valence electrons. The van der Waals surface area contributed by atoms with E-state index in [4.69, 9.17) is 4.52 Å². The molecule has 1 unspecified atom stereocenters. The number of piperidine rings is 2. The van der Waals surface area contributed by atoms with E-state index in [0.29, 0.717) is 31.3 Å². The molecule has 5 rings (SSSR count). The van der Waals surface area contributed by atoms with Crippen LogP contribution in [0.15, 0.2) is 53.1 Å². The van der Waals surface area contributed by atoms with Gasteiger partial charge in [-0.3, -0.25) is 14.6 Å². The van der Waals surface area contributed by atoms with E-state index in [1.807, 2.05) is 24.3 Å². The third-order valence-electron chi connectivity index (χ3n) is 7.75. The monoisotopic (exact) mass is 501 g/mol. The molecule has 7 nitrogen and oxygen atoms in total. The summed E-state index contributed by atoms with van der Waals surface area (Å²) in [7, 11) is 0. The number of benzene rings is 2. The Morgan fingerprint density at radius 2 is 1.78 bits per heavy atom. The normalized spacial score (nSPS) is 19.7. The molecule has 2 fully saturated rings. The number of carbonyl (C=O) groups is 1.